The van der Waals surface area contributed by atoms with Crippen LogP contribution in [0.4, 0.5) is 0 Å². The Kier molecular flexibility index (Phi) is 2.75. The highest BCUT2D eigenvalue weighted by molar-refractivity contribution is 5.98. The SMILES string of the molecule is CC1=NN(C(=O)c2ccccc2)[C@@](C)(O)[C@H]1C. The minimum absolute atomic E-state index is 0.157. The summed E-state index contributed by atoms with van der Waals surface area (Å²) in [5.41, 5.74) is 0.0366. The first kappa shape index (κ1) is 11.8. The van der Waals surface area contributed by atoms with Gasteiger partial charge in [-0.25, -0.2) is 0 Å². The van der Waals surface area contributed by atoms with Gasteiger partial charge in [-0.3, -0.25) is 4.79 Å². The second-order valence-electron chi connectivity index (χ2n) is 4.54. The number of aliphatic hydroxyl groups is 1. The number of nitrogens with zero attached hydrogens (tertiary/aromatic N) is 2. The maximum Gasteiger partial charge on any atom is 0.276 e. The molecular weight excluding hydrogens is 216 g/mol. The molecule has 0 saturated heterocycles. The van der Waals surface area contributed by atoms with Crippen molar-refractivity contribution in [2.75, 3.05) is 0 Å². The summed E-state index contributed by atoms with van der Waals surface area (Å²) in [6.07, 6.45) is 0. The second-order valence-corrected chi connectivity index (χ2v) is 4.54. The predicted molar refractivity (Wildman–Crippen MR) is 65.5 cm³/mol. The van der Waals surface area contributed by atoms with E-state index in [0.29, 0.717) is 5.56 Å². The van der Waals surface area contributed by atoms with Crippen LogP contribution in [0.15, 0.2) is 35.4 Å². The summed E-state index contributed by atoms with van der Waals surface area (Å²) in [5.74, 6) is -0.436. The topological polar surface area (TPSA) is 52.9 Å². The molecule has 4 heteroatoms. The molecule has 0 spiro atoms. The summed E-state index contributed by atoms with van der Waals surface area (Å²) in [5, 5.41) is 15.6. The summed E-state index contributed by atoms with van der Waals surface area (Å²) >= 11 is 0. The first-order valence-electron chi connectivity index (χ1n) is 5.61. The van der Waals surface area contributed by atoms with Gasteiger partial charge in [0.1, 0.15) is 0 Å². The Balaban J connectivity index is 2.34. The molecule has 1 aromatic rings. The summed E-state index contributed by atoms with van der Waals surface area (Å²) < 4.78 is 0. The van der Waals surface area contributed by atoms with Crippen LogP contribution < -0.4 is 0 Å². The molecule has 17 heavy (non-hydrogen) atoms. The third-order valence-electron chi connectivity index (χ3n) is 3.35. The quantitative estimate of drug-likeness (QED) is 0.803. The van der Waals surface area contributed by atoms with E-state index >= 15 is 0 Å². The number of carbonyl (C=O) groups excluding carboxylic acids is 1. The minimum atomic E-state index is -1.25. The van der Waals surface area contributed by atoms with Crippen LogP contribution in [0.5, 0.6) is 0 Å². The third-order valence-corrected chi connectivity index (χ3v) is 3.35. The molecule has 0 aliphatic carbocycles. The van der Waals surface area contributed by atoms with Crippen molar-refractivity contribution in [3.05, 3.63) is 35.9 Å². The van der Waals surface area contributed by atoms with Crippen molar-refractivity contribution in [1.29, 1.82) is 0 Å². The first-order chi connectivity index (χ1) is 7.94. The lowest BCUT2D eigenvalue weighted by atomic mass is 9.96. The van der Waals surface area contributed by atoms with E-state index in [1.165, 1.54) is 5.01 Å². The highest BCUT2D eigenvalue weighted by Crippen LogP contribution is 2.31. The van der Waals surface area contributed by atoms with Gasteiger partial charge in [0.2, 0.25) is 0 Å². The molecule has 4 nitrogen and oxygen atoms in total. The Labute approximate surface area is 101 Å². The molecule has 2 atom stereocenters. The van der Waals surface area contributed by atoms with E-state index in [4.69, 9.17) is 0 Å². The van der Waals surface area contributed by atoms with E-state index in [2.05, 4.69) is 5.10 Å². The third kappa shape index (κ3) is 1.85. The van der Waals surface area contributed by atoms with Gasteiger partial charge in [0.15, 0.2) is 5.72 Å². The van der Waals surface area contributed by atoms with Gasteiger partial charge in [-0.05, 0) is 26.0 Å². The van der Waals surface area contributed by atoms with Gasteiger partial charge in [-0.2, -0.15) is 10.1 Å². The normalized spacial score (nSPS) is 28.1. The number of hydrogen-bond acceptors (Lipinski definition) is 3. The molecule has 1 aliphatic heterocycles. The van der Waals surface area contributed by atoms with Crippen molar-refractivity contribution in [3.8, 4) is 0 Å². The predicted octanol–water partition coefficient (Wildman–Crippen LogP) is 1.86. The van der Waals surface area contributed by atoms with Gasteiger partial charge in [-0.15, -0.1) is 0 Å². The maximum absolute atomic E-state index is 12.2. The maximum atomic E-state index is 12.2. The van der Waals surface area contributed by atoms with Crippen molar-refractivity contribution in [2.45, 2.75) is 26.5 Å². The lowest BCUT2D eigenvalue weighted by molar-refractivity contribution is -0.0787. The molecule has 90 valence electrons. The van der Waals surface area contributed by atoms with E-state index in [-0.39, 0.29) is 11.8 Å². The molecule has 0 fully saturated rings. The molecule has 0 radical (unpaired) electrons. The molecule has 2 rings (SSSR count). The fourth-order valence-electron chi connectivity index (χ4n) is 1.88. The average molecular weight is 232 g/mol. The highest BCUT2D eigenvalue weighted by Gasteiger charge is 2.45. The van der Waals surface area contributed by atoms with Crippen LogP contribution in [0.3, 0.4) is 0 Å². The summed E-state index contributed by atoms with van der Waals surface area (Å²) in [4.78, 5) is 12.2. The molecular formula is C13H16N2O2. The fourth-order valence-corrected chi connectivity index (χ4v) is 1.88. The zero-order chi connectivity index (χ0) is 12.6. The van der Waals surface area contributed by atoms with Crippen molar-refractivity contribution in [1.82, 2.24) is 5.01 Å². The van der Waals surface area contributed by atoms with Crippen LogP contribution in [-0.4, -0.2) is 27.5 Å². The second kappa shape index (κ2) is 3.96. The Morgan fingerprint density at radius 2 is 2.00 bits per heavy atom. The standard InChI is InChI=1S/C13H16N2O2/c1-9-10(2)14-15(13(9,3)17)12(16)11-7-5-4-6-8-11/h4-9,17H,1-3H3/t9-,13-/m0/s1. The lowest BCUT2D eigenvalue weighted by Crippen LogP contribution is -2.47. The van der Waals surface area contributed by atoms with Crippen molar-refractivity contribution in [2.24, 2.45) is 11.0 Å². The monoisotopic (exact) mass is 232 g/mol. The van der Waals surface area contributed by atoms with Gasteiger partial charge in [0.05, 0.1) is 0 Å². The molecule has 1 aliphatic rings. The van der Waals surface area contributed by atoms with E-state index in [1.54, 1.807) is 31.2 Å². The highest BCUT2D eigenvalue weighted by atomic mass is 16.3. The molecule has 1 heterocycles. The number of hydrogen-bond donors (Lipinski definition) is 1. The molecule has 0 aromatic heterocycles. The van der Waals surface area contributed by atoms with Crippen LogP contribution >= 0.6 is 0 Å². The van der Waals surface area contributed by atoms with Gasteiger partial charge in [0, 0.05) is 17.2 Å². The fraction of sp³-hybridized carbons (Fsp3) is 0.385. The Morgan fingerprint density at radius 3 is 2.47 bits per heavy atom. The number of benzene rings is 1. The molecule has 0 unspecified atom stereocenters. The first-order valence-corrected chi connectivity index (χ1v) is 5.61. The van der Waals surface area contributed by atoms with E-state index in [0.717, 1.165) is 5.71 Å². The number of hydrazone groups is 1. The largest absolute Gasteiger partial charge is 0.369 e. The van der Waals surface area contributed by atoms with E-state index in [9.17, 15) is 9.90 Å². The van der Waals surface area contributed by atoms with Gasteiger partial charge >= 0.3 is 0 Å². The lowest BCUT2D eigenvalue weighted by Gasteiger charge is -2.30. The van der Waals surface area contributed by atoms with Gasteiger partial charge in [-0.1, -0.05) is 25.1 Å². The van der Waals surface area contributed by atoms with Crippen LogP contribution in [0.2, 0.25) is 0 Å². The smallest absolute Gasteiger partial charge is 0.276 e. The van der Waals surface area contributed by atoms with E-state index in [1.807, 2.05) is 19.9 Å². The zero-order valence-electron chi connectivity index (χ0n) is 10.2. The van der Waals surface area contributed by atoms with E-state index < -0.39 is 5.72 Å². The number of rotatable bonds is 1. The number of carbonyl (C=O) groups is 1. The molecule has 0 saturated carbocycles. The Morgan fingerprint density at radius 1 is 1.41 bits per heavy atom. The van der Waals surface area contributed by atoms with Gasteiger partial charge in [0.25, 0.3) is 5.91 Å². The molecule has 1 N–H and O–H groups in total. The molecule has 1 aromatic carbocycles. The Bertz CT molecular complexity index is 466. The summed E-state index contributed by atoms with van der Waals surface area (Å²) in [6, 6.07) is 8.85. The van der Waals surface area contributed by atoms with Crippen LogP contribution in [0.25, 0.3) is 0 Å². The average Bonchev–Trinajstić information content (AvgIpc) is 2.53. The van der Waals surface area contributed by atoms with Crippen LogP contribution in [0, 0.1) is 5.92 Å². The molecule has 0 bridgehead atoms. The Hall–Kier alpha value is -1.68. The molecule has 1 amide bonds. The van der Waals surface area contributed by atoms with Crippen molar-refractivity contribution in [3.63, 3.8) is 0 Å². The van der Waals surface area contributed by atoms with Crippen LogP contribution in [0.1, 0.15) is 31.1 Å². The summed E-state index contributed by atoms with van der Waals surface area (Å²) in [6.45, 7) is 5.28. The van der Waals surface area contributed by atoms with Crippen molar-refractivity contribution >= 4 is 11.6 Å². The van der Waals surface area contributed by atoms with Gasteiger partial charge < -0.3 is 5.11 Å². The zero-order valence-corrected chi connectivity index (χ0v) is 10.2. The van der Waals surface area contributed by atoms with Crippen molar-refractivity contribution < 1.29 is 9.90 Å². The summed E-state index contributed by atoms with van der Waals surface area (Å²) in [7, 11) is 0. The van der Waals surface area contributed by atoms with Crippen LogP contribution in [-0.2, 0) is 0 Å². The minimum Gasteiger partial charge on any atom is -0.369 e. The number of amides is 1.